The molecule has 1 unspecified atom stereocenters. The minimum absolute atomic E-state index is 0. The third-order valence-corrected chi connectivity index (χ3v) is 6.08. The van der Waals surface area contributed by atoms with Gasteiger partial charge in [0.15, 0.2) is 5.96 Å². The maximum absolute atomic E-state index is 6.56. The van der Waals surface area contributed by atoms with Crippen LogP contribution in [0.4, 0.5) is 5.69 Å². The highest BCUT2D eigenvalue weighted by Crippen LogP contribution is 2.28. The average molecular weight is 566 g/mol. The monoisotopic (exact) mass is 565 g/mol. The third-order valence-electron chi connectivity index (χ3n) is 5.73. The molecule has 0 saturated carbocycles. The molecule has 31 heavy (non-hydrogen) atoms. The zero-order valence-corrected chi connectivity index (χ0v) is 21.8. The highest BCUT2D eigenvalue weighted by Gasteiger charge is 2.18. The first-order valence-electron chi connectivity index (χ1n) is 11.0. The van der Waals surface area contributed by atoms with Crippen molar-refractivity contribution in [1.29, 1.82) is 0 Å². The molecule has 9 heteroatoms. The minimum atomic E-state index is 0. The first-order chi connectivity index (χ1) is 14.7. The summed E-state index contributed by atoms with van der Waals surface area (Å²) in [5.41, 5.74) is 2.33. The number of guanidine groups is 1. The first kappa shape index (κ1) is 26.4. The van der Waals surface area contributed by atoms with Gasteiger partial charge in [0.2, 0.25) is 0 Å². The van der Waals surface area contributed by atoms with E-state index < -0.39 is 0 Å². The average Bonchev–Trinajstić information content (AvgIpc) is 3.27. The fourth-order valence-corrected chi connectivity index (χ4v) is 4.04. The van der Waals surface area contributed by atoms with Crippen molar-refractivity contribution < 1.29 is 9.47 Å². The van der Waals surface area contributed by atoms with Crippen LogP contribution in [0.1, 0.15) is 18.4 Å². The smallest absolute Gasteiger partial charge is 0.191 e. The van der Waals surface area contributed by atoms with Crippen molar-refractivity contribution in [2.24, 2.45) is 10.9 Å². The largest absolute Gasteiger partial charge is 0.381 e. The van der Waals surface area contributed by atoms with Crippen LogP contribution in [0, 0.1) is 5.92 Å². The molecule has 2 heterocycles. The van der Waals surface area contributed by atoms with Crippen LogP contribution in [-0.2, 0) is 16.0 Å². The molecule has 1 aromatic carbocycles. The van der Waals surface area contributed by atoms with E-state index in [0.717, 1.165) is 88.5 Å². The number of ether oxygens (including phenoxy) is 2. The van der Waals surface area contributed by atoms with E-state index in [9.17, 15) is 0 Å². The summed E-state index contributed by atoms with van der Waals surface area (Å²) in [7, 11) is 3.96. The van der Waals surface area contributed by atoms with Crippen LogP contribution in [0.25, 0.3) is 0 Å². The number of aliphatic imine (C=N–C) groups is 1. The molecule has 3 rings (SSSR count). The predicted molar refractivity (Wildman–Crippen MR) is 139 cm³/mol. The van der Waals surface area contributed by atoms with Crippen molar-refractivity contribution >= 4 is 47.2 Å². The molecule has 0 aromatic heterocycles. The van der Waals surface area contributed by atoms with Crippen LogP contribution < -0.4 is 15.5 Å². The lowest BCUT2D eigenvalue weighted by Crippen LogP contribution is -2.45. The molecule has 0 aliphatic carbocycles. The molecule has 2 aliphatic heterocycles. The van der Waals surface area contributed by atoms with Crippen LogP contribution in [0.2, 0.25) is 5.02 Å². The molecule has 7 nitrogen and oxygen atoms in total. The Morgan fingerprint density at radius 3 is 2.77 bits per heavy atom. The Labute approximate surface area is 208 Å². The fourth-order valence-electron chi connectivity index (χ4n) is 3.80. The summed E-state index contributed by atoms with van der Waals surface area (Å²) in [4.78, 5) is 9.12. The Kier molecular flexibility index (Phi) is 12.2. The number of hydrogen-bond donors (Lipinski definition) is 2. The normalized spacial score (nSPS) is 19.9. The van der Waals surface area contributed by atoms with Gasteiger partial charge in [0, 0.05) is 81.7 Å². The second-order valence-corrected chi connectivity index (χ2v) is 8.45. The summed E-state index contributed by atoms with van der Waals surface area (Å²) < 4.78 is 11.1. The molecule has 2 N–H and O–H groups in total. The number of hydrogen-bond acceptors (Lipinski definition) is 5. The van der Waals surface area contributed by atoms with Crippen molar-refractivity contribution in [2.75, 3.05) is 78.1 Å². The van der Waals surface area contributed by atoms with E-state index in [-0.39, 0.29) is 24.0 Å². The first-order valence-corrected chi connectivity index (χ1v) is 11.4. The van der Waals surface area contributed by atoms with Gasteiger partial charge in [-0.3, -0.25) is 4.99 Å². The summed E-state index contributed by atoms with van der Waals surface area (Å²) in [5, 5.41) is 7.56. The van der Waals surface area contributed by atoms with Crippen molar-refractivity contribution in [2.45, 2.75) is 19.4 Å². The standard InChI is InChI=1S/C22H36ClN5O2.HI/c1-24-22(25-8-4-13-29-16-18-7-14-30-17-18)26-15-19-20(23)5-3-6-21(19)28-11-9-27(2)10-12-28;/h3,5-6,18H,4,7-17H2,1-2H3,(H2,24,25,26);1H. The van der Waals surface area contributed by atoms with Crippen LogP contribution in [0.15, 0.2) is 23.2 Å². The van der Waals surface area contributed by atoms with Gasteiger partial charge in [-0.2, -0.15) is 0 Å². The molecule has 1 atom stereocenters. The van der Waals surface area contributed by atoms with E-state index in [2.05, 4.69) is 38.5 Å². The number of likely N-dealkylation sites (N-methyl/N-ethyl adjacent to an activating group) is 1. The highest BCUT2D eigenvalue weighted by atomic mass is 127. The maximum atomic E-state index is 6.56. The molecular formula is C22H37ClIN5O2. The van der Waals surface area contributed by atoms with E-state index in [1.807, 2.05) is 12.1 Å². The van der Waals surface area contributed by atoms with Gasteiger partial charge < -0.3 is 29.9 Å². The maximum Gasteiger partial charge on any atom is 0.191 e. The number of rotatable bonds is 9. The zero-order chi connectivity index (χ0) is 21.2. The van der Waals surface area contributed by atoms with E-state index in [0.29, 0.717) is 12.5 Å². The van der Waals surface area contributed by atoms with Gasteiger partial charge in [-0.25, -0.2) is 0 Å². The molecule has 2 saturated heterocycles. The van der Waals surface area contributed by atoms with Gasteiger partial charge in [-0.05, 0) is 32.0 Å². The second-order valence-electron chi connectivity index (χ2n) is 8.04. The molecule has 176 valence electrons. The molecule has 0 radical (unpaired) electrons. The summed E-state index contributed by atoms with van der Waals surface area (Å²) >= 11 is 6.56. The van der Waals surface area contributed by atoms with Crippen molar-refractivity contribution in [3.8, 4) is 0 Å². The lowest BCUT2D eigenvalue weighted by atomic mass is 10.1. The van der Waals surface area contributed by atoms with Crippen molar-refractivity contribution in [1.82, 2.24) is 15.5 Å². The van der Waals surface area contributed by atoms with Crippen LogP contribution in [-0.4, -0.2) is 84.1 Å². The van der Waals surface area contributed by atoms with Crippen LogP contribution in [0.3, 0.4) is 0 Å². The van der Waals surface area contributed by atoms with E-state index in [1.54, 1.807) is 7.05 Å². The van der Waals surface area contributed by atoms with Gasteiger partial charge in [0.25, 0.3) is 0 Å². The predicted octanol–water partition coefficient (Wildman–Crippen LogP) is 2.82. The van der Waals surface area contributed by atoms with E-state index in [1.165, 1.54) is 5.69 Å². The number of benzene rings is 1. The topological polar surface area (TPSA) is 61.4 Å². The highest BCUT2D eigenvalue weighted by molar-refractivity contribution is 14.0. The van der Waals surface area contributed by atoms with Crippen molar-refractivity contribution in [3.05, 3.63) is 28.8 Å². The van der Waals surface area contributed by atoms with Gasteiger partial charge in [-0.15, -0.1) is 24.0 Å². The summed E-state index contributed by atoms with van der Waals surface area (Å²) in [5.74, 6) is 1.35. The van der Waals surface area contributed by atoms with Gasteiger partial charge >= 0.3 is 0 Å². The molecule has 0 bridgehead atoms. The van der Waals surface area contributed by atoms with Gasteiger partial charge in [-0.1, -0.05) is 17.7 Å². The Bertz CT molecular complexity index is 680. The zero-order valence-electron chi connectivity index (χ0n) is 18.7. The summed E-state index contributed by atoms with van der Waals surface area (Å²) in [6.07, 6.45) is 2.06. The SMILES string of the molecule is CN=C(NCCCOCC1CCOC1)NCc1c(Cl)cccc1N1CCN(C)CC1.I. The number of piperazine rings is 1. The Hall–Kier alpha value is -0.810. The minimum Gasteiger partial charge on any atom is -0.381 e. The van der Waals surface area contributed by atoms with Crippen molar-refractivity contribution in [3.63, 3.8) is 0 Å². The molecule has 1 aromatic rings. The van der Waals surface area contributed by atoms with Crippen LogP contribution >= 0.6 is 35.6 Å². The van der Waals surface area contributed by atoms with E-state index >= 15 is 0 Å². The summed E-state index contributed by atoms with van der Waals surface area (Å²) in [6, 6.07) is 6.16. The Morgan fingerprint density at radius 2 is 2.06 bits per heavy atom. The molecular weight excluding hydrogens is 529 g/mol. The van der Waals surface area contributed by atoms with Gasteiger partial charge in [0.05, 0.1) is 13.2 Å². The van der Waals surface area contributed by atoms with Crippen LogP contribution in [0.5, 0.6) is 0 Å². The third kappa shape index (κ3) is 8.57. The quantitative estimate of drug-likeness (QED) is 0.208. The number of nitrogens with zero attached hydrogens (tertiary/aromatic N) is 3. The fraction of sp³-hybridized carbons (Fsp3) is 0.682. The molecule has 0 amide bonds. The van der Waals surface area contributed by atoms with Gasteiger partial charge in [0.1, 0.15) is 0 Å². The number of halogens is 2. The molecule has 0 spiro atoms. The molecule has 2 aliphatic rings. The number of nitrogens with one attached hydrogen (secondary N) is 2. The van der Waals surface area contributed by atoms with E-state index in [4.69, 9.17) is 21.1 Å². The Balaban J connectivity index is 0.00000341. The molecule has 2 fully saturated rings. The Morgan fingerprint density at radius 1 is 1.26 bits per heavy atom. The lowest BCUT2D eigenvalue weighted by molar-refractivity contribution is 0.0888. The summed E-state index contributed by atoms with van der Waals surface area (Å²) in [6.45, 7) is 8.89. The second kappa shape index (κ2) is 14.4. The number of anilines is 1. The lowest BCUT2D eigenvalue weighted by Gasteiger charge is -2.35.